The number of hydrogen-bond donors (Lipinski definition) is 0. The Morgan fingerprint density at radius 3 is 2.65 bits per heavy atom. The van der Waals surface area contributed by atoms with Crippen LogP contribution < -0.4 is 0 Å². The number of hydrogen-bond acceptors (Lipinski definition) is 4. The standard InChI is InChI=1S/C13H24O3S/c1-13(2,12(14)17-9-8-15-3)6-7-16-10-11-4-5-11/h11H,4-10H2,1-3H3. The molecule has 4 heteroatoms. The van der Waals surface area contributed by atoms with Crippen molar-refractivity contribution in [2.75, 3.05) is 32.7 Å². The Labute approximate surface area is 109 Å². The second-order valence-electron chi connectivity index (χ2n) is 5.28. The summed E-state index contributed by atoms with van der Waals surface area (Å²) < 4.78 is 10.5. The number of carbonyl (C=O) groups is 1. The van der Waals surface area contributed by atoms with Crippen LogP contribution in [-0.2, 0) is 14.3 Å². The molecule has 1 aliphatic rings. The molecule has 0 radical (unpaired) electrons. The third-order valence-corrected chi connectivity index (χ3v) is 4.18. The molecule has 17 heavy (non-hydrogen) atoms. The lowest BCUT2D eigenvalue weighted by Crippen LogP contribution is -2.24. The zero-order valence-corrected chi connectivity index (χ0v) is 12.0. The second-order valence-corrected chi connectivity index (χ2v) is 6.35. The van der Waals surface area contributed by atoms with Gasteiger partial charge in [-0.25, -0.2) is 0 Å². The van der Waals surface area contributed by atoms with Crippen LogP contribution in [0.3, 0.4) is 0 Å². The molecule has 0 N–H and O–H groups in total. The topological polar surface area (TPSA) is 35.5 Å². The van der Waals surface area contributed by atoms with E-state index in [9.17, 15) is 4.79 Å². The maximum atomic E-state index is 11.9. The number of carbonyl (C=O) groups excluding carboxylic acids is 1. The molecule has 1 fully saturated rings. The van der Waals surface area contributed by atoms with Gasteiger partial charge in [0.05, 0.1) is 6.61 Å². The van der Waals surface area contributed by atoms with Gasteiger partial charge < -0.3 is 9.47 Å². The zero-order valence-electron chi connectivity index (χ0n) is 11.2. The van der Waals surface area contributed by atoms with E-state index >= 15 is 0 Å². The molecule has 0 amide bonds. The predicted octanol–water partition coefficient (Wildman–Crippen LogP) is 2.74. The Bertz CT molecular complexity index is 237. The molecule has 0 aromatic rings. The SMILES string of the molecule is COCCSC(=O)C(C)(C)CCOCC1CC1. The summed E-state index contributed by atoms with van der Waals surface area (Å²) in [5.41, 5.74) is -0.290. The predicted molar refractivity (Wildman–Crippen MR) is 71.3 cm³/mol. The Morgan fingerprint density at radius 1 is 1.35 bits per heavy atom. The molecule has 1 saturated carbocycles. The molecule has 0 aromatic carbocycles. The fraction of sp³-hybridized carbons (Fsp3) is 0.923. The summed E-state index contributed by atoms with van der Waals surface area (Å²) >= 11 is 1.37. The van der Waals surface area contributed by atoms with Crippen LogP contribution in [0.15, 0.2) is 0 Å². The maximum Gasteiger partial charge on any atom is 0.194 e. The highest BCUT2D eigenvalue weighted by atomic mass is 32.2. The fourth-order valence-corrected chi connectivity index (χ4v) is 2.31. The number of ether oxygens (including phenoxy) is 2. The van der Waals surface area contributed by atoms with Gasteiger partial charge in [0.25, 0.3) is 0 Å². The van der Waals surface area contributed by atoms with Gasteiger partial charge in [-0.05, 0) is 25.2 Å². The lowest BCUT2D eigenvalue weighted by molar-refractivity contribution is -0.119. The molecule has 100 valence electrons. The van der Waals surface area contributed by atoms with Crippen molar-refractivity contribution < 1.29 is 14.3 Å². The molecule has 0 bridgehead atoms. The van der Waals surface area contributed by atoms with Crippen molar-refractivity contribution in [1.29, 1.82) is 0 Å². The van der Waals surface area contributed by atoms with E-state index in [1.165, 1.54) is 24.6 Å². The van der Waals surface area contributed by atoms with Crippen LogP contribution in [-0.4, -0.2) is 37.8 Å². The molecule has 0 aromatic heterocycles. The normalized spacial score (nSPS) is 16.2. The van der Waals surface area contributed by atoms with Gasteiger partial charge in [-0.2, -0.15) is 0 Å². The third kappa shape index (κ3) is 6.43. The minimum absolute atomic E-state index is 0.240. The Hall–Kier alpha value is -0.0600. The van der Waals surface area contributed by atoms with Gasteiger partial charge in [0.15, 0.2) is 5.12 Å². The first-order valence-electron chi connectivity index (χ1n) is 6.30. The van der Waals surface area contributed by atoms with Gasteiger partial charge >= 0.3 is 0 Å². The molecule has 1 aliphatic carbocycles. The van der Waals surface area contributed by atoms with Crippen molar-refractivity contribution in [3.8, 4) is 0 Å². The molecule has 0 spiro atoms. The van der Waals surface area contributed by atoms with E-state index in [0.29, 0.717) is 13.2 Å². The summed E-state index contributed by atoms with van der Waals surface area (Å²) in [5, 5.41) is 0.240. The van der Waals surface area contributed by atoms with Crippen LogP contribution in [0.1, 0.15) is 33.1 Å². The monoisotopic (exact) mass is 260 g/mol. The maximum absolute atomic E-state index is 11.9. The van der Waals surface area contributed by atoms with Crippen molar-refractivity contribution in [1.82, 2.24) is 0 Å². The van der Waals surface area contributed by atoms with Gasteiger partial charge in [-0.1, -0.05) is 25.6 Å². The quantitative estimate of drug-likeness (QED) is 0.597. The van der Waals surface area contributed by atoms with E-state index in [4.69, 9.17) is 9.47 Å². The molecule has 0 aliphatic heterocycles. The fourth-order valence-electron chi connectivity index (χ4n) is 1.38. The van der Waals surface area contributed by atoms with Crippen LogP contribution in [0.2, 0.25) is 0 Å². The summed E-state index contributed by atoms with van der Waals surface area (Å²) in [7, 11) is 1.65. The molecule has 0 atom stereocenters. The molecular weight excluding hydrogens is 236 g/mol. The van der Waals surface area contributed by atoms with Crippen molar-refractivity contribution in [2.45, 2.75) is 33.1 Å². The summed E-state index contributed by atoms with van der Waals surface area (Å²) in [6.45, 7) is 6.19. The van der Waals surface area contributed by atoms with Crippen molar-refractivity contribution in [2.24, 2.45) is 11.3 Å². The molecule has 1 rings (SSSR count). The minimum atomic E-state index is -0.290. The van der Waals surface area contributed by atoms with Gasteiger partial charge in [0, 0.05) is 31.5 Å². The summed E-state index contributed by atoms with van der Waals surface area (Å²) in [4.78, 5) is 11.9. The first kappa shape index (κ1) is 15.0. The van der Waals surface area contributed by atoms with Gasteiger partial charge in [0.1, 0.15) is 0 Å². The Morgan fingerprint density at radius 2 is 2.06 bits per heavy atom. The smallest absolute Gasteiger partial charge is 0.194 e. The molecular formula is C13H24O3S. The van der Waals surface area contributed by atoms with Crippen molar-refractivity contribution >= 4 is 16.9 Å². The van der Waals surface area contributed by atoms with Gasteiger partial charge in [0.2, 0.25) is 0 Å². The van der Waals surface area contributed by atoms with E-state index in [-0.39, 0.29) is 10.5 Å². The average Bonchev–Trinajstić information content (AvgIpc) is 3.08. The largest absolute Gasteiger partial charge is 0.384 e. The van der Waals surface area contributed by atoms with Crippen LogP contribution in [0.4, 0.5) is 0 Å². The molecule has 0 heterocycles. The Kier molecular flexibility index (Phi) is 6.52. The van der Waals surface area contributed by atoms with E-state index in [0.717, 1.165) is 24.7 Å². The lowest BCUT2D eigenvalue weighted by Gasteiger charge is -2.22. The third-order valence-electron chi connectivity index (χ3n) is 3.00. The zero-order chi connectivity index (χ0) is 12.7. The molecule has 0 saturated heterocycles. The first-order valence-corrected chi connectivity index (χ1v) is 7.29. The molecule has 0 unspecified atom stereocenters. The van der Waals surface area contributed by atoms with E-state index < -0.39 is 0 Å². The highest BCUT2D eigenvalue weighted by Crippen LogP contribution is 2.30. The van der Waals surface area contributed by atoms with E-state index in [1.54, 1.807) is 7.11 Å². The van der Waals surface area contributed by atoms with Crippen LogP contribution >= 0.6 is 11.8 Å². The average molecular weight is 260 g/mol. The van der Waals surface area contributed by atoms with Crippen LogP contribution in [0, 0.1) is 11.3 Å². The van der Waals surface area contributed by atoms with Crippen LogP contribution in [0.25, 0.3) is 0 Å². The van der Waals surface area contributed by atoms with Gasteiger partial charge in [-0.15, -0.1) is 0 Å². The summed E-state index contributed by atoms with van der Waals surface area (Å²) in [6, 6.07) is 0. The first-order chi connectivity index (χ1) is 8.06. The van der Waals surface area contributed by atoms with Crippen LogP contribution in [0.5, 0.6) is 0 Å². The summed E-state index contributed by atoms with van der Waals surface area (Å²) in [5.74, 6) is 1.53. The highest BCUT2D eigenvalue weighted by Gasteiger charge is 2.28. The Balaban J connectivity index is 2.10. The van der Waals surface area contributed by atoms with Gasteiger partial charge in [-0.3, -0.25) is 4.79 Å². The van der Waals surface area contributed by atoms with E-state index in [2.05, 4.69) is 0 Å². The van der Waals surface area contributed by atoms with Crippen molar-refractivity contribution in [3.05, 3.63) is 0 Å². The van der Waals surface area contributed by atoms with E-state index in [1.807, 2.05) is 13.8 Å². The summed E-state index contributed by atoms with van der Waals surface area (Å²) in [6.07, 6.45) is 3.43. The lowest BCUT2D eigenvalue weighted by atomic mass is 9.92. The number of thioether (sulfide) groups is 1. The molecule has 3 nitrogen and oxygen atoms in total. The van der Waals surface area contributed by atoms with Crippen molar-refractivity contribution in [3.63, 3.8) is 0 Å². The number of methoxy groups -OCH3 is 1. The minimum Gasteiger partial charge on any atom is -0.384 e. The second kappa shape index (κ2) is 7.39. The highest BCUT2D eigenvalue weighted by molar-refractivity contribution is 8.13. The number of rotatable bonds is 9.